The Hall–Kier alpha value is -2.91. The molecule has 0 radical (unpaired) electrons. The molecule has 0 bridgehead atoms. The van der Waals surface area contributed by atoms with Gasteiger partial charge in [0.25, 0.3) is 0 Å². The van der Waals surface area contributed by atoms with E-state index in [2.05, 4.69) is 0 Å². The normalized spacial score (nSPS) is 16.8. The monoisotopic (exact) mass is 430 g/mol. The second-order valence-electron chi connectivity index (χ2n) is 7.59. The molecule has 3 N–H and O–H groups in total. The number of amidine groups is 1. The van der Waals surface area contributed by atoms with Crippen LogP contribution in [0.4, 0.5) is 10.5 Å². The number of anilines is 1. The van der Waals surface area contributed by atoms with Gasteiger partial charge in [0.15, 0.2) is 0 Å². The molecule has 1 heterocycles. The first kappa shape index (κ1) is 21.8. The van der Waals surface area contributed by atoms with Gasteiger partial charge in [-0.15, -0.1) is 0 Å². The van der Waals surface area contributed by atoms with Crippen LogP contribution in [0.3, 0.4) is 0 Å². The molecule has 1 aliphatic rings. The maximum atomic E-state index is 13.2. The molecule has 2 aromatic carbocycles. The van der Waals surface area contributed by atoms with Crippen molar-refractivity contribution < 1.29 is 17.9 Å². The highest BCUT2D eigenvalue weighted by molar-refractivity contribution is 7.89. The largest absolute Gasteiger partial charge is 0.443 e. The van der Waals surface area contributed by atoms with Gasteiger partial charge in [0.2, 0.25) is 10.0 Å². The molecule has 1 fully saturated rings. The number of sulfonamides is 1. The summed E-state index contributed by atoms with van der Waals surface area (Å²) in [6.45, 7) is 5.71. The summed E-state index contributed by atoms with van der Waals surface area (Å²) in [5.41, 5.74) is 8.93. The maximum Gasteiger partial charge on any atom is 0.414 e. The summed E-state index contributed by atoms with van der Waals surface area (Å²) in [6, 6.07) is 10.4. The minimum Gasteiger partial charge on any atom is -0.443 e. The number of aryl methyl sites for hydroxylation is 3. The minimum atomic E-state index is -3.74. The molecule has 1 aliphatic heterocycles. The zero-order valence-electron chi connectivity index (χ0n) is 17.5. The van der Waals surface area contributed by atoms with Crippen LogP contribution in [0.1, 0.15) is 22.3 Å². The van der Waals surface area contributed by atoms with Gasteiger partial charge >= 0.3 is 6.09 Å². The van der Waals surface area contributed by atoms with Crippen LogP contribution in [0.15, 0.2) is 41.3 Å². The lowest BCUT2D eigenvalue weighted by Crippen LogP contribution is -2.37. The van der Waals surface area contributed by atoms with E-state index < -0.39 is 22.2 Å². The quantitative estimate of drug-likeness (QED) is 0.540. The second kappa shape index (κ2) is 8.08. The number of nitrogens with two attached hydrogens (primary N) is 1. The van der Waals surface area contributed by atoms with Gasteiger partial charge in [0, 0.05) is 18.3 Å². The van der Waals surface area contributed by atoms with Crippen molar-refractivity contribution in [2.45, 2.75) is 31.8 Å². The van der Waals surface area contributed by atoms with Crippen molar-refractivity contribution in [2.75, 3.05) is 25.0 Å². The van der Waals surface area contributed by atoms with E-state index in [9.17, 15) is 13.2 Å². The van der Waals surface area contributed by atoms with Crippen LogP contribution in [-0.2, 0) is 14.8 Å². The fraction of sp³-hybridized carbons (Fsp3) is 0.333. The maximum absolute atomic E-state index is 13.2. The van der Waals surface area contributed by atoms with E-state index in [0.717, 1.165) is 5.56 Å². The van der Waals surface area contributed by atoms with Gasteiger partial charge in [0.05, 0.1) is 18.0 Å². The number of cyclic esters (lactones) is 1. The highest BCUT2D eigenvalue weighted by Gasteiger charge is 2.36. The van der Waals surface area contributed by atoms with Crippen molar-refractivity contribution in [3.8, 4) is 0 Å². The predicted molar refractivity (Wildman–Crippen MR) is 116 cm³/mol. The van der Waals surface area contributed by atoms with E-state index in [1.807, 2.05) is 19.1 Å². The summed E-state index contributed by atoms with van der Waals surface area (Å²) in [4.78, 5) is 14.1. The SMILES string of the molecule is Cc1cc(C)c(S(=O)(=O)N(C)CC2CN(c3cccc(C(=N)N)c3)C(=O)O2)c(C)c1. The van der Waals surface area contributed by atoms with Crippen LogP contribution in [0.25, 0.3) is 0 Å². The molecule has 30 heavy (non-hydrogen) atoms. The number of hydrogen-bond acceptors (Lipinski definition) is 5. The fourth-order valence-electron chi connectivity index (χ4n) is 3.78. The lowest BCUT2D eigenvalue weighted by atomic mass is 10.1. The van der Waals surface area contributed by atoms with Crippen molar-refractivity contribution in [3.05, 3.63) is 58.7 Å². The van der Waals surface area contributed by atoms with Crippen LogP contribution in [0, 0.1) is 26.2 Å². The molecular formula is C21H26N4O4S. The van der Waals surface area contributed by atoms with Crippen LogP contribution in [0.5, 0.6) is 0 Å². The van der Waals surface area contributed by atoms with Gasteiger partial charge in [-0.3, -0.25) is 10.3 Å². The molecule has 0 aromatic heterocycles. The lowest BCUT2D eigenvalue weighted by molar-refractivity contribution is 0.131. The molecule has 160 valence electrons. The van der Waals surface area contributed by atoms with Gasteiger partial charge in [-0.1, -0.05) is 29.8 Å². The van der Waals surface area contributed by atoms with E-state index in [4.69, 9.17) is 15.9 Å². The fourth-order valence-corrected chi connectivity index (χ4v) is 5.39. The zero-order valence-corrected chi connectivity index (χ0v) is 18.3. The van der Waals surface area contributed by atoms with E-state index in [-0.39, 0.29) is 23.8 Å². The molecule has 1 unspecified atom stereocenters. The Kier molecular flexibility index (Phi) is 5.87. The molecule has 8 nitrogen and oxygen atoms in total. The Morgan fingerprint density at radius 2 is 1.87 bits per heavy atom. The molecule has 9 heteroatoms. The Balaban J connectivity index is 1.78. The molecule has 0 saturated carbocycles. The van der Waals surface area contributed by atoms with Gasteiger partial charge in [-0.05, 0) is 44.0 Å². The molecule has 1 atom stereocenters. The van der Waals surface area contributed by atoms with Crippen LogP contribution in [0.2, 0.25) is 0 Å². The molecule has 1 saturated heterocycles. The molecule has 3 rings (SSSR count). The minimum absolute atomic E-state index is 0.0315. The number of nitrogen functional groups attached to an aromatic ring is 1. The van der Waals surface area contributed by atoms with Crippen LogP contribution < -0.4 is 10.6 Å². The summed E-state index contributed by atoms with van der Waals surface area (Å²) < 4.78 is 33.0. The number of likely N-dealkylation sites (N-methyl/N-ethyl adjacent to an activating group) is 1. The first-order chi connectivity index (χ1) is 14.0. The lowest BCUT2D eigenvalue weighted by Gasteiger charge is -2.22. The average molecular weight is 431 g/mol. The molecular weight excluding hydrogens is 404 g/mol. The molecule has 0 spiro atoms. The van der Waals surface area contributed by atoms with Crippen LogP contribution in [-0.4, -0.2) is 50.9 Å². The smallest absolute Gasteiger partial charge is 0.414 e. The number of benzene rings is 2. The topological polar surface area (TPSA) is 117 Å². The number of hydrogen-bond donors (Lipinski definition) is 2. The third-order valence-electron chi connectivity index (χ3n) is 5.08. The third kappa shape index (κ3) is 4.17. The summed E-state index contributed by atoms with van der Waals surface area (Å²) in [5, 5.41) is 7.55. The number of ether oxygens (including phenoxy) is 1. The number of carbonyl (C=O) groups is 1. The zero-order chi connectivity index (χ0) is 22.2. The Bertz CT molecular complexity index is 1090. The van der Waals surface area contributed by atoms with Crippen molar-refractivity contribution in [3.63, 3.8) is 0 Å². The molecule has 2 aromatic rings. The number of nitrogens with zero attached hydrogens (tertiary/aromatic N) is 2. The summed E-state index contributed by atoms with van der Waals surface area (Å²) in [6.07, 6.45) is -1.18. The summed E-state index contributed by atoms with van der Waals surface area (Å²) in [7, 11) is -2.26. The standard InChI is InChI=1S/C21H26N4O4S/c1-13-8-14(2)19(15(3)9-13)30(27,28)24(4)11-18-12-25(21(26)29-18)17-7-5-6-16(10-17)20(22)23/h5-10,18H,11-12H2,1-4H3,(H3,22,23). The van der Waals surface area contributed by atoms with E-state index in [0.29, 0.717) is 22.4 Å². The highest BCUT2D eigenvalue weighted by atomic mass is 32.2. The summed E-state index contributed by atoms with van der Waals surface area (Å²) in [5.74, 6) is -0.101. The van der Waals surface area contributed by atoms with Gasteiger partial charge in [0.1, 0.15) is 11.9 Å². The van der Waals surface area contributed by atoms with Gasteiger partial charge in [-0.2, -0.15) is 4.31 Å². The number of rotatable bonds is 6. The van der Waals surface area contributed by atoms with Crippen molar-refractivity contribution in [1.82, 2.24) is 4.31 Å². The summed E-state index contributed by atoms with van der Waals surface area (Å²) >= 11 is 0. The van der Waals surface area contributed by atoms with Gasteiger partial charge < -0.3 is 10.5 Å². The van der Waals surface area contributed by atoms with E-state index >= 15 is 0 Å². The number of carbonyl (C=O) groups excluding carboxylic acids is 1. The van der Waals surface area contributed by atoms with Crippen molar-refractivity contribution in [1.29, 1.82) is 5.41 Å². The average Bonchev–Trinajstić information content (AvgIpc) is 3.00. The first-order valence-corrected chi connectivity index (χ1v) is 10.9. The van der Waals surface area contributed by atoms with Crippen LogP contribution >= 0.6 is 0 Å². The van der Waals surface area contributed by atoms with Crippen molar-refractivity contribution >= 4 is 27.6 Å². The molecule has 0 aliphatic carbocycles. The third-order valence-corrected chi connectivity index (χ3v) is 7.21. The second-order valence-corrected chi connectivity index (χ2v) is 9.58. The Labute approximate surface area is 176 Å². The molecule has 1 amide bonds. The highest BCUT2D eigenvalue weighted by Crippen LogP contribution is 2.27. The first-order valence-electron chi connectivity index (χ1n) is 9.47. The van der Waals surface area contributed by atoms with E-state index in [1.54, 1.807) is 38.1 Å². The number of amides is 1. The predicted octanol–water partition coefficient (Wildman–Crippen LogP) is 2.54. The Morgan fingerprint density at radius 3 is 2.47 bits per heavy atom. The van der Waals surface area contributed by atoms with Crippen molar-refractivity contribution in [2.24, 2.45) is 5.73 Å². The Morgan fingerprint density at radius 1 is 1.23 bits per heavy atom. The van der Waals surface area contributed by atoms with Gasteiger partial charge in [-0.25, -0.2) is 13.2 Å². The van der Waals surface area contributed by atoms with E-state index in [1.165, 1.54) is 16.3 Å². The number of nitrogens with one attached hydrogen (secondary N) is 1.